The summed E-state index contributed by atoms with van der Waals surface area (Å²) in [5.74, 6) is 0. The van der Waals surface area contributed by atoms with Gasteiger partial charge in [-0.2, -0.15) is 0 Å². The predicted octanol–water partition coefficient (Wildman–Crippen LogP) is 4.16. The Morgan fingerprint density at radius 1 is 0.522 bits per heavy atom. The Kier molecular flexibility index (Phi) is 3.98. The molecule has 0 radical (unpaired) electrons. The standard InChI is InChI=1S/C22H16Se/c1-3-10-18(11-4-1)22-20-14-8-7-9-17(20)15-16-21(22)23-19-12-5-2-6-13-19/h1-16H. The quantitative estimate of drug-likeness (QED) is 0.482. The summed E-state index contributed by atoms with van der Waals surface area (Å²) in [5, 5.41) is 2.65. The van der Waals surface area contributed by atoms with Crippen LogP contribution in [0.4, 0.5) is 0 Å². The number of rotatable bonds is 3. The van der Waals surface area contributed by atoms with Crippen LogP contribution in [0.15, 0.2) is 97.1 Å². The van der Waals surface area contributed by atoms with Crippen molar-refractivity contribution in [2.75, 3.05) is 0 Å². The van der Waals surface area contributed by atoms with Crippen molar-refractivity contribution >= 4 is 34.7 Å². The minimum absolute atomic E-state index is 0.302. The van der Waals surface area contributed by atoms with Crippen molar-refractivity contribution in [3.63, 3.8) is 0 Å². The van der Waals surface area contributed by atoms with Crippen LogP contribution in [0, 0.1) is 0 Å². The second kappa shape index (κ2) is 6.42. The Morgan fingerprint density at radius 2 is 1.17 bits per heavy atom. The van der Waals surface area contributed by atoms with Crippen molar-refractivity contribution in [2.45, 2.75) is 0 Å². The van der Waals surface area contributed by atoms with Crippen LogP contribution >= 0.6 is 0 Å². The Labute approximate surface area is 143 Å². The van der Waals surface area contributed by atoms with Crippen molar-refractivity contribution in [2.24, 2.45) is 0 Å². The van der Waals surface area contributed by atoms with Gasteiger partial charge in [-0.3, -0.25) is 0 Å². The van der Waals surface area contributed by atoms with Gasteiger partial charge in [0.05, 0.1) is 0 Å². The average molecular weight is 359 g/mol. The summed E-state index contributed by atoms with van der Waals surface area (Å²) in [6, 6.07) is 34.8. The fourth-order valence-electron chi connectivity index (χ4n) is 2.85. The Morgan fingerprint density at radius 3 is 1.96 bits per heavy atom. The molecule has 0 aliphatic heterocycles. The van der Waals surface area contributed by atoms with Crippen LogP contribution in [-0.4, -0.2) is 15.0 Å². The van der Waals surface area contributed by atoms with Gasteiger partial charge in [-0.25, -0.2) is 0 Å². The predicted molar refractivity (Wildman–Crippen MR) is 101 cm³/mol. The SMILES string of the molecule is c1ccc([Se]c2ccc3ccccc3c2-c2ccccc2)cc1. The molecule has 23 heavy (non-hydrogen) atoms. The number of hydrogen-bond donors (Lipinski definition) is 0. The third-order valence-electron chi connectivity index (χ3n) is 3.92. The van der Waals surface area contributed by atoms with E-state index in [0.29, 0.717) is 15.0 Å². The molecule has 0 saturated heterocycles. The Bertz CT molecular complexity index is 928. The summed E-state index contributed by atoms with van der Waals surface area (Å²) in [5.41, 5.74) is 2.68. The first-order chi connectivity index (χ1) is 11.4. The zero-order valence-electron chi connectivity index (χ0n) is 12.6. The molecule has 110 valence electrons. The molecule has 0 atom stereocenters. The second-order valence-electron chi connectivity index (χ2n) is 5.44. The molecule has 0 bridgehead atoms. The number of benzene rings is 4. The van der Waals surface area contributed by atoms with Gasteiger partial charge in [0.2, 0.25) is 0 Å². The van der Waals surface area contributed by atoms with Gasteiger partial charge in [0, 0.05) is 0 Å². The first-order valence-corrected chi connectivity index (χ1v) is 9.43. The molecule has 0 fully saturated rings. The van der Waals surface area contributed by atoms with Crippen molar-refractivity contribution in [3.8, 4) is 11.1 Å². The van der Waals surface area contributed by atoms with Gasteiger partial charge < -0.3 is 0 Å². The van der Waals surface area contributed by atoms with Crippen LogP contribution in [-0.2, 0) is 0 Å². The normalized spacial score (nSPS) is 10.8. The maximum absolute atomic E-state index is 2.30. The third kappa shape index (κ3) is 2.94. The van der Waals surface area contributed by atoms with E-state index in [2.05, 4.69) is 97.1 Å². The van der Waals surface area contributed by atoms with Gasteiger partial charge in [0.25, 0.3) is 0 Å². The van der Waals surface area contributed by atoms with Gasteiger partial charge >= 0.3 is 143 Å². The Hall–Kier alpha value is -2.34. The molecule has 1 heteroatoms. The van der Waals surface area contributed by atoms with Crippen molar-refractivity contribution in [1.82, 2.24) is 0 Å². The zero-order chi connectivity index (χ0) is 15.5. The summed E-state index contributed by atoms with van der Waals surface area (Å²) < 4.78 is 2.85. The fourth-order valence-corrected chi connectivity index (χ4v) is 4.98. The van der Waals surface area contributed by atoms with Crippen LogP contribution < -0.4 is 8.92 Å². The van der Waals surface area contributed by atoms with E-state index in [-0.39, 0.29) is 0 Å². The molecule has 0 unspecified atom stereocenters. The summed E-state index contributed by atoms with van der Waals surface area (Å²) in [6.07, 6.45) is 0. The van der Waals surface area contributed by atoms with Gasteiger partial charge in [0.1, 0.15) is 0 Å². The molecule has 4 aromatic carbocycles. The number of fused-ring (bicyclic) bond motifs is 1. The number of hydrogen-bond acceptors (Lipinski definition) is 0. The first-order valence-electron chi connectivity index (χ1n) is 7.72. The maximum atomic E-state index is 2.30. The van der Waals surface area contributed by atoms with Gasteiger partial charge in [-0.05, 0) is 0 Å². The van der Waals surface area contributed by atoms with Gasteiger partial charge in [-0.15, -0.1) is 0 Å². The molecular formula is C22H16Se. The summed E-state index contributed by atoms with van der Waals surface area (Å²) in [4.78, 5) is 0. The van der Waals surface area contributed by atoms with Gasteiger partial charge in [-0.1, -0.05) is 0 Å². The van der Waals surface area contributed by atoms with E-state index in [1.165, 1.54) is 30.8 Å². The van der Waals surface area contributed by atoms with Crippen LogP contribution in [0.2, 0.25) is 0 Å². The van der Waals surface area contributed by atoms with Crippen LogP contribution in [0.25, 0.3) is 21.9 Å². The van der Waals surface area contributed by atoms with E-state index in [9.17, 15) is 0 Å². The van der Waals surface area contributed by atoms with Crippen molar-refractivity contribution in [1.29, 1.82) is 0 Å². The van der Waals surface area contributed by atoms with E-state index in [4.69, 9.17) is 0 Å². The molecule has 0 aromatic heterocycles. The molecule has 0 heterocycles. The molecule has 0 N–H and O–H groups in total. The van der Waals surface area contributed by atoms with E-state index in [0.717, 1.165) is 0 Å². The van der Waals surface area contributed by atoms with E-state index < -0.39 is 0 Å². The molecule has 0 aliphatic carbocycles. The molecule has 0 aliphatic rings. The third-order valence-corrected chi connectivity index (χ3v) is 6.16. The van der Waals surface area contributed by atoms with Crippen LogP contribution in [0.5, 0.6) is 0 Å². The van der Waals surface area contributed by atoms with E-state index in [1.54, 1.807) is 0 Å². The summed E-state index contributed by atoms with van der Waals surface area (Å²) in [6.45, 7) is 0. The van der Waals surface area contributed by atoms with E-state index in [1.807, 2.05) is 0 Å². The van der Waals surface area contributed by atoms with Crippen molar-refractivity contribution < 1.29 is 0 Å². The van der Waals surface area contributed by atoms with Crippen LogP contribution in [0.3, 0.4) is 0 Å². The topological polar surface area (TPSA) is 0 Å². The fraction of sp³-hybridized carbons (Fsp3) is 0. The average Bonchev–Trinajstić information content (AvgIpc) is 2.63. The first kappa shape index (κ1) is 14.3. The molecule has 0 amide bonds. The monoisotopic (exact) mass is 360 g/mol. The second-order valence-corrected chi connectivity index (χ2v) is 7.78. The summed E-state index contributed by atoms with van der Waals surface area (Å²) in [7, 11) is 0. The molecule has 0 spiro atoms. The molecule has 4 aromatic rings. The zero-order valence-corrected chi connectivity index (χ0v) is 14.4. The van der Waals surface area contributed by atoms with Crippen LogP contribution in [0.1, 0.15) is 0 Å². The van der Waals surface area contributed by atoms with E-state index >= 15 is 0 Å². The molecule has 4 rings (SSSR count). The molecule has 0 nitrogen and oxygen atoms in total. The molecule has 0 saturated carbocycles. The Balaban J connectivity index is 1.93. The summed E-state index contributed by atoms with van der Waals surface area (Å²) >= 11 is 0.302. The van der Waals surface area contributed by atoms with Gasteiger partial charge in [0.15, 0.2) is 0 Å². The molecular weight excluding hydrogens is 343 g/mol. The minimum atomic E-state index is 0.302. The van der Waals surface area contributed by atoms with Crippen molar-refractivity contribution in [3.05, 3.63) is 97.1 Å².